The highest BCUT2D eigenvalue weighted by atomic mass is 16.6. The van der Waals surface area contributed by atoms with Crippen LogP contribution in [0.1, 0.15) is 29.0 Å². The molecule has 9 heteroatoms. The van der Waals surface area contributed by atoms with Crippen LogP contribution < -0.4 is 25.0 Å². The van der Waals surface area contributed by atoms with E-state index < -0.39 is 30.3 Å². The Morgan fingerprint density at radius 2 is 1.82 bits per heavy atom. The Kier molecular flexibility index (Phi) is 5.53. The Balaban J connectivity index is 1.78. The van der Waals surface area contributed by atoms with E-state index in [0.717, 1.165) is 0 Å². The molecule has 0 spiro atoms. The van der Waals surface area contributed by atoms with Gasteiger partial charge in [0.2, 0.25) is 0 Å². The molecule has 3 rings (SSSR count). The first-order chi connectivity index (χ1) is 13.3. The topological polar surface area (TPSA) is 141 Å². The molecular formula is C19H17NO8-2. The van der Waals surface area contributed by atoms with E-state index in [4.69, 9.17) is 13.9 Å². The van der Waals surface area contributed by atoms with Crippen LogP contribution in [0.5, 0.6) is 11.5 Å². The third-order valence-corrected chi connectivity index (χ3v) is 4.22. The van der Waals surface area contributed by atoms with Crippen molar-refractivity contribution in [2.45, 2.75) is 25.8 Å². The molecule has 0 unspecified atom stereocenters. The standard InChI is InChI=1S/C19H19NO8/c1-10-12(18(23)20-13(19(24)25)3-5-17(21)22)9-15(28-10)11-2-4-14-16(8-11)27-7-6-26-14/h2,4,8-9,13H,3,5-7H2,1H3,(H,20,23)(H,21,22)(H,24,25)/p-2/t13-/m0/s1. The lowest BCUT2D eigenvalue weighted by Gasteiger charge is -2.19. The molecular weight excluding hydrogens is 370 g/mol. The number of hydrogen-bond donors (Lipinski definition) is 1. The molecule has 0 saturated carbocycles. The van der Waals surface area contributed by atoms with Crippen molar-refractivity contribution in [3.05, 3.63) is 35.6 Å². The molecule has 0 fully saturated rings. The summed E-state index contributed by atoms with van der Waals surface area (Å²) in [6, 6.07) is 5.21. The lowest BCUT2D eigenvalue weighted by atomic mass is 10.1. The van der Waals surface area contributed by atoms with Crippen molar-refractivity contribution in [2.75, 3.05) is 13.2 Å². The molecule has 2 heterocycles. The highest BCUT2D eigenvalue weighted by Gasteiger charge is 2.21. The van der Waals surface area contributed by atoms with Crippen LogP contribution in [0.2, 0.25) is 0 Å². The van der Waals surface area contributed by atoms with Crippen LogP contribution in [-0.2, 0) is 9.59 Å². The Hall–Kier alpha value is -3.49. The molecule has 1 aliphatic heterocycles. The largest absolute Gasteiger partial charge is 0.550 e. The molecule has 9 nitrogen and oxygen atoms in total. The van der Waals surface area contributed by atoms with Gasteiger partial charge in [0.05, 0.1) is 17.6 Å². The van der Waals surface area contributed by atoms with Crippen molar-refractivity contribution in [3.8, 4) is 22.8 Å². The minimum absolute atomic E-state index is 0.129. The normalized spacial score (nSPS) is 13.6. The van der Waals surface area contributed by atoms with Gasteiger partial charge in [-0.25, -0.2) is 0 Å². The number of carbonyl (C=O) groups is 3. The number of furan rings is 1. The van der Waals surface area contributed by atoms with E-state index in [9.17, 15) is 24.6 Å². The van der Waals surface area contributed by atoms with E-state index in [0.29, 0.717) is 36.0 Å². The molecule has 1 atom stereocenters. The number of amides is 1. The zero-order valence-electron chi connectivity index (χ0n) is 15.0. The molecule has 0 radical (unpaired) electrons. The van der Waals surface area contributed by atoms with E-state index in [1.807, 2.05) is 0 Å². The fourth-order valence-corrected chi connectivity index (χ4v) is 2.79. The molecule has 148 valence electrons. The van der Waals surface area contributed by atoms with E-state index in [-0.39, 0.29) is 17.7 Å². The van der Waals surface area contributed by atoms with Crippen LogP contribution in [0.3, 0.4) is 0 Å². The fraction of sp³-hybridized carbons (Fsp3) is 0.316. The summed E-state index contributed by atoms with van der Waals surface area (Å²) in [6.45, 7) is 2.46. The van der Waals surface area contributed by atoms with Gasteiger partial charge in [-0.1, -0.05) is 0 Å². The van der Waals surface area contributed by atoms with Crippen molar-refractivity contribution >= 4 is 17.8 Å². The van der Waals surface area contributed by atoms with Gasteiger partial charge < -0.3 is 39.0 Å². The maximum atomic E-state index is 12.4. The monoisotopic (exact) mass is 387 g/mol. The van der Waals surface area contributed by atoms with Crippen LogP contribution in [0, 0.1) is 6.92 Å². The van der Waals surface area contributed by atoms with E-state index in [2.05, 4.69) is 5.32 Å². The summed E-state index contributed by atoms with van der Waals surface area (Å²) < 4.78 is 16.6. The smallest absolute Gasteiger partial charge is 0.255 e. The van der Waals surface area contributed by atoms with Crippen LogP contribution >= 0.6 is 0 Å². The van der Waals surface area contributed by atoms with Crippen molar-refractivity contribution in [1.82, 2.24) is 5.32 Å². The number of carbonyl (C=O) groups excluding carboxylic acids is 3. The zero-order valence-corrected chi connectivity index (χ0v) is 15.0. The molecule has 1 aromatic heterocycles. The molecule has 0 saturated heterocycles. The van der Waals surface area contributed by atoms with E-state index in [1.165, 1.54) is 6.07 Å². The van der Waals surface area contributed by atoms with Crippen LogP contribution in [0.25, 0.3) is 11.3 Å². The van der Waals surface area contributed by atoms with Gasteiger partial charge in [0.1, 0.15) is 24.7 Å². The molecule has 28 heavy (non-hydrogen) atoms. The molecule has 0 bridgehead atoms. The molecule has 1 aliphatic rings. The van der Waals surface area contributed by atoms with Gasteiger partial charge in [0, 0.05) is 11.5 Å². The number of fused-ring (bicyclic) bond motifs is 1. The molecule has 1 amide bonds. The lowest BCUT2D eigenvalue weighted by molar-refractivity contribution is -0.309. The number of benzene rings is 1. The van der Waals surface area contributed by atoms with Gasteiger partial charge >= 0.3 is 0 Å². The van der Waals surface area contributed by atoms with Crippen molar-refractivity contribution in [1.29, 1.82) is 0 Å². The number of carboxylic acids is 2. The quantitative estimate of drug-likeness (QED) is 0.664. The van der Waals surface area contributed by atoms with Gasteiger partial charge in [-0.05, 0) is 44.0 Å². The Morgan fingerprint density at radius 1 is 1.11 bits per heavy atom. The second-order valence-electron chi connectivity index (χ2n) is 6.19. The summed E-state index contributed by atoms with van der Waals surface area (Å²) >= 11 is 0. The number of nitrogens with one attached hydrogen (secondary N) is 1. The summed E-state index contributed by atoms with van der Waals surface area (Å²) in [5.41, 5.74) is 0.782. The predicted octanol–water partition coefficient (Wildman–Crippen LogP) is -0.595. The lowest BCUT2D eigenvalue weighted by Crippen LogP contribution is -2.48. The SMILES string of the molecule is Cc1oc(-c2ccc3c(c2)OCCO3)cc1C(=O)N[C@@H](CCC(=O)[O-])C(=O)[O-]. The van der Waals surface area contributed by atoms with Crippen molar-refractivity contribution < 1.29 is 38.5 Å². The average Bonchev–Trinajstić information content (AvgIpc) is 3.06. The fourth-order valence-electron chi connectivity index (χ4n) is 2.79. The summed E-state index contributed by atoms with van der Waals surface area (Å²) in [4.78, 5) is 34.1. The Labute approximate surface area is 159 Å². The number of aryl methyl sites for hydroxylation is 1. The number of rotatable bonds is 7. The average molecular weight is 387 g/mol. The third kappa shape index (κ3) is 4.25. The second-order valence-corrected chi connectivity index (χ2v) is 6.19. The number of ether oxygens (including phenoxy) is 2. The first kappa shape index (κ1) is 19.3. The summed E-state index contributed by atoms with van der Waals surface area (Å²) in [5, 5.41) is 23.9. The zero-order chi connectivity index (χ0) is 20.3. The van der Waals surface area contributed by atoms with Crippen molar-refractivity contribution in [2.24, 2.45) is 0 Å². The van der Waals surface area contributed by atoms with Gasteiger partial charge in [0.15, 0.2) is 11.5 Å². The van der Waals surface area contributed by atoms with Crippen LogP contribution in [-0.4, -0.2) is 37.1 Å². The minimum atomic E-state index is -1.58. The van der Waals surface area contributed by atoms with Crippen LogP contribution in [0.4, 0.5) is 0 Å². The minimum Gasteiger partial charge on any atom is -0.550 e. The maximum Gasteiger partial charge on any atom is 0.255 e. The molecule has 0 aliphatic carbocycles. The maximum absolute atomic E-state index is 12.4. The highest BCUT2D eigenvalue weighted by Crippen LogP contribution is 2.35. The second kappa shape index (κ2) is 8.03. The predicted molar refractivity (Wildman–Crippen MR) is 90.4 cm³/mol. The highest BCUT2D eigenvalue weighted by molar-refractivity contribution is 5.98. The van der Waals surface area contributed by atoms with Crippen molar-refractivity contribution in [3.63, 3.8) is 0 Å². The first-order valence-corrected chi connectivity index (χ1v) is 8.57. The van der Waals surface area contributed by atoms with Gasteiger partial charge in [-0.2, -0.15) is 0 Å². The Bertz CT molecular complexity index is 917. The van der Waals surface area contributed by atoms with E-state index >= 15 is 0 Å². The molecule has 1 N–H and O–H groups in total. The first-order valence-electron chi connectivity index (χ1n) is 8.57. The van der Waals surface area contributed by atoms with Gasteiger partial charge in [-0.15, -0.1) is 0 Å². The number of hydrogen-bond acceptors (Lipinski definition) is 8. The number of aliphatic carboxylic acids is 2. The Morgan fingerprint density at radius 3 is 2.50 bits per heavy atom. The van der Waals surface area contributed by atoms with Gasteiger partial charge in [-0.3, -0.25) is 4.79 Å². The summed E-state index contributed by atoms with van der Waals surface area (Å²) in [7, 11) is 0. The molecule has 1 aromatic carbocycles. The number of carboxylic acid groups (broad SMARTS) is 2. The third-order valence-electron chi connectivity index (χ3n) is 4.22. The molecule has 2 aromatic rings. The summed E-state index contributed by atoms with van der Waals surface area (Å²) in [5.74, 6) is -1.87. The summed E-state index contributed by atoms with van der Waals surface area (Å²) in [6.07, 6.45) is -0.867. The van der Waals surface area contributed by atoms with Crippen LogP contribution in [0.15, 0.2) is 28.7 Å². The van der Waals surface area contributed by atoms with E-state index in [1.54, 1.807) is 25.1 Å². The van der Waals surface area contributed by atoms with Gasteiger partial charge in [0.25, 0.3) is 5.91 Å².